The van der Waals surface area contributed by atoms with Gasteiger partial charge < -0.3 is 15.4 Å². The largest absolute Gasteiger partial charge is 0.487 e. The molecular formula is C27H26N2O3S. The molecule has 0 aliphatic rings. The third-order valence-corrected chi connectivity index (χ3v) is 6.27. The van der Waals surface area contributed by atoms with Crippen molar-refractivity contribution in [3.8, 4) is 5.75 Å². The second-order valence-corrected chi connectivity index (χ2v) is 8.76. The predicted molar refractivity (Wildman–Crippen MR) is 134 cm³/mol. The minimum atomic E-state index is -0.181. The molecule has 3 aromatic carbocycles. The summed E-state index contributed by atoms with van der Waals surface area (Å²) in [5.74, 6) is 0.418. The van der Waals surface area contributed by atoms with Crippen LogP contribution in [0.3, 0.4) is 0 Å². The van der Waals surface area contributed by atoms with Crippen molar-refractivity contribution < 1.29 is 14.3 Å². The third-order valence-electron chi connectivity index (χ3n) is 5.12. The highest BCUT2D eigenvalue weighted by Crippen LogP contribution is 2.38. The normalized spacial score (nSPS) is 10.7. The second kappa shape index (κ2) is 10.8. The van der Waals surface area contributed by atoms with Gasteiger partial charge in [0.1, 0.15) is 11.5 Å². The SMILES string of the molecule is CCCC(=O)Nc1cccc(CNC(=O)c2sc3ccccc3c2OCc2ccccc2)c1. The van der Waals surface area contributed by atoms with Crippen molar-refractivity contribution in [2.24, 2.45) is 0 Å². The summed E-state index contributed by atoms with van der Waals surface area (Å²) in [4.78, 5) is 25.5. The van der Waals surface area contributed by atoms with E-state index in [1.54, 1.807) is 0 Å². The van der Waals surface area contributed by atoms with Gasteiger partial charge in [-0.15, -0.1) is 11.3 Å². The van der Waals surface area contributed by atoms with Crippen LogP contribution in [0.1, 0.15) is 40.6 Å². The van der Waals surface area contributed by atoms with Gasteiger partial charge in [0.15, 0.2) is 5.75 Å². The number of hydrogen-bond donors (Lipinski definition) is 2. The van der Waals surface area contributed by atoms with Gasteiger partial charge in [-0.05, 0) is 41.8 Å². The van der Waals surface area contributed by atoms with Crippen LogP contribution < -0.4 is 15.4 Å². The van der Waals surface area contributed by atoms with Crippen LogP contribution in [-0.2, 0) is 17.9 Å². The Morgan fingerprint density at radius 2 is 1.67 bits per heavy atom. The molecule has 0 bridgehead atoms. The molecule has 0 saturated carbocycles. The van der Waals surface area contributed by atoms with Gasteiger partial charge in [0.2, 0.25) is 5.91 Å². The van der Waals surface area contributed by atoms with E-state index < -0.39 is 0 Å². The Hall–Kier alpha value is -3.64. The van der Waals surface area contributed by atoms with Crippen LogP contribution in [0, 0.1) is 0 Å². The highest BCUT2D eigenvalue weighted by molar-refractivity contribution is 7.21. The van der Waals surface area contributed by atoms with Crippen molar-refractivity contribution in [3.63, 3.8) is 0 Å². The summed E-state index contributed by atoms with van der Waals surface area (Å²) in [5, 5.41) is 6.83. The average molecular weight is 459 g/mol. The molecule has 2 N–H and O–H groups in total. The molecule has 0 aliphatic heterocycles. The van der Waals surface area contributed by atoms with Crippen molar-refractivity contribution in [2.45, 2.75) is 32.9 Å². The summed E-state index contributed by atoms with van der Waals surface area (Å²) in [6.45, 7) is 2.71. The zero-order chi connectivity index (χ0) is 23.0. The smallest absolute Gasteiger partial charge is 0.265 e. The molecule has 33 heavy (non-hydrogen) atoms. The van der Waals surface area contributed by atoms with Crippen LogP contribution in [0.4, 0.5) is 5.69 Å². The number of fused-ring (bicyclic) bond motifs is 1. The summed E-state index contributed by atoms with van der Waals surface area (Å²) >= 11 is 1.43. The lowest BCUT2D eigenvalue weighted by Crippen LogP contribution is -2.22. The number of carbonyl (C=O) groups is 2. The Morgan fingerprint density at radius 3 is 2.48 bits per heavy atom. The van der Waals surface area contributed by atoms with Crippen LogP contribution in [-0.4, -0.2) is 11.8 Å². The van der Waals surface area contributed by atoms with E-state index >= 15 is 0 Å². The Labute approximate surface area is 197 Å². The highest BCUT2D eigenvalue weighted by Gasteiger charge is 2.20. The lowest BCUT2D eigenvalue weighted by atomic mass is 10.2. The molecule has 0 saturated heterocycles. The first-order valence-electron chi connectivity index (χ1n) is 11.0. The van der Waals surface area contributed by atoms with Crippen LogP contribution in [0.2, 0.25) is 0 Å². The van der Waals surface area contributed by atoms with Gasteiger partial charge in [-0.2, -0.15) is 0 Å². The fraction of sp³-hybridized carbons (Fsp3) is 0.185. The number of carbonyl (C=O) groups excluding carboxylic acids is 2. The Kier molecular flexibility index (Phi) is 7.37. The van der Waals surface area contributed by atoms with E-state index in [-0.39, 0.29) is 11.8 Å². The highest BCUT2D eigenvalue weighted by atomic mass is 32.1. The maximum Gasteiger partial charge on any atom is 0.265 e. The van der Waals surface area contributed by atoms with Gasteiger partial charge in [0, 0.05) is 28.7 Å². The standard InChI is InChI=1S/C27H26N2O3S/c1-2-9-24(30)29-21-13-8-12-20(16-21)17-28-27(31)26-25(22-14-6-7-15-23(22)33-26)32-18-19-10-4-3-5-11-19/h3-8,10-16H,2,9,17-18H2,1H3,(H,28,31)(H,29,30). The number of amides is 2. The first-order chi connectivity index (χ1) is 16.1. The maximum atomic E-state index is 13.1. The topological polar surface area (TPSA) is 67.4 Å². The van der Waals surface area contributed by atoms with Crippen molar-refractivity contribution >= 4 is 38.9 Å². The van der Waals surface area contributed by atoms with Gasteiger partial charge in [0.25, 0.3) is 5.91 Å². The monoisotopic (exact) mass is 458 g/mol. The molecule has 0 atom stereocenters. The predicted octanol–water partition coefficient (Wildman–Crippen LogP) is 6.15. The maximum absolute atomic E-state index is 13.1. The van der Waals surface area contributed by atoms with E-state index in [1.165, 1.54) is 11.3 Å². The van der Waals surface area contributed by atoms with E-state index in [1.807, 2.05) is 85.8 Å². The molecule has 5 nitrogen and oxygen atoms in total. The molecule has 4 rings (SSSR count). The Bertz CT molecular complexity index is 1250. The summed E-state index contributed by atoms with van der Waals surface area (Å²) in [6.07, 6.45) is 1.28. The van der Waals surface area contributed by atoms with Crippen molar-refractivity contribution in [1.29, 1.82) is 0 Å². The number of ether oxygens (including phenoxy) is 1. The van der Waals surface area contributed by atoms with E-state index in [4.69, 9.17) is 4.74 Å². The molecule has 0 fully saturated rings. The summed E-state index contributed by atoms with van der Waals surface area (Å²) in [7, 11) is 0. The molecule has 4 aromatic rings. The first-order valence-corrected chi connectivity index (χ1v) is 11.8. The Balaban J connectivity index is 1.48. The number of hydrogen-bond acceptors (Lipinski definition) is 4. The minimum absolute atomic E-state index is 0.0100. The molecule has 0 spiro atoms. The molecular weight excluding hydrogens is 432 g/mol. The van der Waals surface area contributed by atoms with Crippen molar-refractivity contribution in [2.75, 3.05) is 5.32 Å². The minimum Gasteiger partial charge on any atom is -0.487 e. The number of benzene rings is 3. The van der Waals surface area contributed by atoms with Crippen LogP contribution in [0.25, 0.3) is 10.1 Å². The lowest BCUT2D eigenvalue weighted by Gasteiger charge is -2.10. The molecule has 0 radical (unpaired) electrons. The zero-order valence-electron chi connectivity index (χ0n) is 18.5. The second-order valence-electron chi connectivity index (χ2n) is 7.71. The van der Waals surface area contributed by atoms with Crippen molar-refractivity contribution in [1.82, 2.24) is 5.32 Å². The van der Waals surface area contributed by atoms with E-state index in [9.17, 15) is 9.59 Å². The fourth-order valence-corrected chi connectivity index (χ4v) is 4.58. The molecule has 6 heteroatoms. The van der Waals surface area contributed by atoms with E-state index in [2.05, 4.69) is 10.6 Å². The number of thiophene rings is 1. The van der Waals surface area contributed by atoms with Gasteiger partial charge in [0.05, 0.1) is 0 Å². The molecule has 1 heterocycles. The van der Waals surface area contributed by atoms with E-state index in [0.29, 0.717) is 30.2 Å². The fourth-order valence-electron chi connectivity index (χ4n) is 3.52. The Morgan fingerprint density at radius 1 is 0.909 bits per heavy atom. The molecule has 2 amide bonds. The summed E-state index contributed by atoms with van der Waals surface area (Å²) < 4.78 is 7.14. The van der Waals surface area contributed by atoms with Gasteiger partial charge in [-0.3, -0.25) is 9.59 Å². The first kappa shape index (κ1) is 22.6. The van der Waals surface area contributed by atoms with Crippen LogP contribution >= 0.6 is 11.3 Å². The number of anilines is 1. The van der Waals surface area contributed by atoms with Crippen molar-refractivity contribution in [3.05, 3.63) is 94.9 Å². The summed E-state index contributed by atoms with van der Waals surface area (Å²) in [5.41, 5.74) is 2.68. The lowest BCUT2D eigenvalue weighted by molar-refractivity contribution is -0.116. The van der Waals surface area contributed by atoms with Crippen LogP contribution in [0.5, 0.6) is 5.75 Å². The summed E-state index contributed by atoms with van der Waals surface area (Å²) in [6, 6.07) is 25.3. The molecule has 168 valence electrons. The average Bonchev–Trinajstić information content (AvgIpc) is 3.21. The quantitative estimate of drug-likeness (QED) is 0.316. The van der Waals surface area contributed by atoms with E-state index in [0.717, 1.165) is 33.3 Å². The molecule has 1 aromatic heterocycles. The van der Waals surface area contributed by atoms with Gasteiger partial charge >= 0.3 is 0 Å². The molecule has 0 unspecified atom stereocenters. The zero-order valence-corrected chi connectivity index (χ0v) is 19.3. The van der Waals surface area contributed by atoms with Crippen LogP contribution in [0.15, 0.2) is 78.9 Å². The molecule has 0 aliphatic carbocycles. The third kappa shape index (κ3) is 5.79. The number of nitrogens with one attached hydrogen (secondary N) is 2. The number of rotatable bonds is 9. The van der Waals surface area contributed by atoms with Gasteiger partial charge in [-0.25, -0.2) is 0 Å². The van der Waals surface area contributed by atoms with Gasteiger partial charge in [-0.1, -0.05) is 61.5 Å².